The number of aryl methyl sites for hydroxylation is 1. The van der Waals surface area contributed by atoms with Gasteiger partial charge in [0.05, 0.1) is 5.70 Å². The number of hydrogen-bond donors (Lipinski definition) is 2. The molecule has 2 heterocycles. The minimum Gasteiger partial charge on any atom is -0.299 e. The van der Waals surface area contributed by atoms with Crippen molar-refractivity contribution in [2.24, 2.45) is 0 Å². The fourth-order valence-corrected chi connectivity index (χ4v) is 3.35. The SMILES string of the molecule is C1=C(NNc2nn3cnnc3c3ccccc23)c2ccccc2CC1. The van der Waals surface area contributed by atoms with Crippen molar-refractivity contribution in [3.63, 3.8) is 0 Å². The van der Waals surface area contributed by atoms with Crippen molar-refractivity contribution in [1.82, 2.24) is 25.2 Å². The van der Waals surface area contributed by atoms with Gasteiger partial charge in [-0.05, 0) is 18.4 Å². The van der Waals surface area contributed by atoms with E-state index in [4.69, 9.17) is 0 Å². The number of aromatic nitrogens is 4. The summed E-state index contributed by atoms with van der Waals surface area (Å²) in [5.41, 5.74) is 11.0. The molecule has 5 rings (SSSR count). The lowest BCUT2D eigenvalue weighted by molar-refractivity contribution is 0.903. The van der Waals surface area contributed by atoms with E-state index in [0.717, 1.165) is 40.8 Å². The van der Waals surface area contributed by atoms with Gasteiger partial charge in [-0.25, -0.2) is 0 Å². The van der Waals surface area contributed by atoms with Gasteiger partial charge in [0.2, 0.25) is 0 Å². The minimum atomic E-state index is 0.742. The average Bonchev–Trinajstić information content (AvgIpc) is 3.15. The van der Waals surface area contributed by atoms with Crippen LogP contribution in [0, 0.1) is 0 Å². The van der Waals surface area contributed by atoms with Gasteiger partial charge in [0.25, 0.3) is 0 Å². The van der Waals surface area contributed by atoms with Crippen LogP contribution in [0.15, 0.2) is 60.9 Å². The van der Waals surface area contributed by atoms with Crippen LogP contribution in [0.1, 0.15) is 17.5 Å². The number of nitrogens with one attached hydrogen (secondary N) is 2. The molecular formula is C19H16N6. The molecule has 2 N–H and O–H groups in total. The highest BCUT2D eigenvalue weighted by Gasteiger charge is 2.13. The summed E-state index contributed by atoms with van der Waals surface area (Å²) in [6.45, 7) is 0. The second-order valence-electron chi connectivity index (χ2n) is 6.06. The molecule has 2 aromatic carbocycles. The zero-order chi connectivity index (χ0) is 16.6. The standard InChI is InChI=1S/C19H16N6/c1-2-8-14-13(6-1)7-5-11-17(14)21-22-18-15-9-3-4-10-16(15)19-23-20-12-25(19)24-18/h1-4,6,8-12,21H,5,7H2,(H,22,24). The van der Waals surface area contributed by atoms with E-state index in [-0.39, 0.29) is 0 Å². The minimum absolute atomic E-state index is 0.742. The maximum absolute atomic E-state index is 4.59. The first-order chi connectivity index (χ1) is 12.4. The maximum Gasteiger partial charge on any atom is 0.185 e. The smallest absolute Gasteiger partial charge is 0.185 e. The quantitative estimate of drug-likeness (QED) is 0.565. The Balaban J connectivity index is 1.53. The highest BCUT2D eigenvalue weighted by atomic mass is 15.4. The number of nitrogens with zero attached hydrogens (tertiary/aromatic N) is 4. The molecule has 1 aliphatic carbocycles. The summed E-state index contributed by atoms with van der Waals surface area (Å²) in [4.78, 5) is 0. The summed E-state index contributed by atoms with van der Waals surface area (Å²) in [6.07, 6.45) is 5.94. The van der Waals surface area contributed by atoms with Crippen molar-refractivity contribution >= 4 is 27.9 Å². The highest BCUT2D eigenvalue weighted by Crippen LogP contribution is 2.26. The monoisotopic (exact) mass is 328 g/mol. The summed E-state index contributed by atoms with van der Waals surface area (Å²) in [7, 11) is 0. The van der Waals surface area contributed by atoms with Crippen LogP contribution in [0.4, 0.5) is 5.82 Å². The van der Waals surface area contributed by atoms with Crippen LogP contribution in [0.5, 0.6) is 0 Å². The van der Waals surface area contributed by atoms with E-state index in [1.807, 2.05) is 24.3 Å². The normalized spacial score (nSPS) is 13.5. The van der Waals surface area contributed by atoms with Crippen LogP contribution in [-0.2, 0) is 6.42 Å². The molecule has 6 heteroatoms. The van der Waals surface area contributed by atoms with Crippen LogP contribution >= 0.6 is 0 Å². The fourth-order valence-electron chi connectivity index (χ4n) is 3.35. The van der Waals surface area contributed by atoms with E-state index in [1.165, 1.54) is 11.1 Å². The summed E-state index contributed by atoms with van der Waals surface area (Å²) >= 11 is 0. The Morgan fingerprint density at radius 2 is 1.76 bits per heavy atom. The van der Waals surface area contributed by atoms with Crippen molar-refractivity contribution in [3.05, 3.63) is 72.1 Å². The summed E-state index contributed by atoms with van der Waals surface area (Å²) in [5, 5.41) is 14.7. The molecule has 0 radical (unpaired) electrons. The largest absolute Gasteiger partial charge is 0.299 e. The number of anilines is 1. The van der Waals surface area contributed by atoms with Gasteiger partial charge in [-0.3, -0.25) is 10.9 Å². The Morgan fingerprint density at radius 1 is 0.920 bits per heavy atom. The predicted octanol–water partition coefficient (Wildman–Crippen LogP) is 3.18. The van der Waals surface area contributed by atoms with E-state index in [0.29, 0.717) is 0 Å². The molecule has 0 saturated carbocycles. The third kappa shape index (κ3) is 2.30. The molecule has 0 unspecified atom stereocenters. The first-order valence-corrected chi connectivity index (χ1v) is 8.29. The zero-order valence-corrected chi connectivity index (χ0v) is 13.5. The molecule has 1 aliphatic rings. The van der Waals surface area contributed by atoms with E-state index >= 15 is 0 Å². The van der Waals surface area contributed by atoms with E-state index in [1.54, 1.807) is 10.8 Å². The fraction of sp³-hybridized carbons (Fsp3) is 0.105. The summed E-state index contributed by atoms with van der Waals surface area (Å²) in [6, 6.07) is 16.5. The number of benzene rings is 2. The van der Waals surface area contributed by atoms with E-state index < -0.39 is 0 Å². The number of fused-ring (bicyclic) bond motifs is 4. The van der Waals surface area contributed by atoms with Crippen LogP contribution < -0.4 is 10.9 Å². The topological polar surface area (TPSA) is 67.1 Å². The van der Waals surface area contributed by atoms with Gasteiger partial charge in [0, 0.05) is 16.3 Å². The summed E-state index contributed by atoms with van der Waals surface area (Å²) < 4.78 is 1.69. The molecule has 6 nitrogen and oxygen atoms in total. The number of allylic oxidation sites excluding steroid dienone is 1. The van der Waals surface area contributed by atoms with Crippen molar-refractivity contribution in [2.45, 2.75) is 12.8 Å². The Hall–Kier alpha value is -3.41. The van der Waals surface area contributed by atoms with E-state index in [2.05, 4.69) is 56.5 Å². The molecule has 122 valence electrons. The van der Waals surface area contributed by atoms with Crippen molar-refractivity contribution in [3.8, 4) is 0 Å². The molecule has 0 amide bonds. The molecule has 0 atom stereocenters. The lowest BCUT2D eigenvalue weighted by atomic mass is 9.95. The second kappa shape index (κ2) is 5.59. The van der Waals surface area contributed by atoms with Crippen LogP contribution in [0.2, 0.25) is 0 Å². The first-order valence-electron chi connectivity index (χ1n) is 8.29. The highest BCUT2D eigenvalue weighted by molar-refractivity contribution is 5.99. The van der Waals surface area contributed by atoms with Crippen LogP contribution in [0.3, 0.4) is 0 Å². The molecule has 0 fully saturated rings. The Morgan fingerprint density at radius 3 is 2.72 bits per heavy atom. The zero-order valence-electron chi connectivity index (χ0n) is 13.5. The van der Waals surface area contributed by atoms with Crippen molar-refractivity contribution in [1.29, 1.82) is 0 Å². The lowest BCUT2D eigenvalue weighted by Gasteiger charge is -2.20. The molecule has 0 aliphatic heterocycles. The molecule has 4 aromatic rings. The van der Waals surface area contributed by atoms with Gasteiger partial charge in [0.1, 0.15) is 6.33 Å². The van der Waals surface area contributed by atoms with Crippen LogP contribution in [0.25, 0.3) is 22.1 Å². The molecule has 0 bridgehead atoms. The third-order valence-corrected chi connectivity index (χ3v) is 4.55. The molecule has 2 aromatic heterocycles. The Bertz CT molecular complexity index is 1110. The van der Waals surface area contributed by atoms with Crippen LogP contribution in [-0.4, -0.2) is 19.8 Å². The van der Waals surface area contributed by atoms with Gasteiger partial charge in [-0.15, -0.1) is 15.3 Å². The van der Waals surface area contributed by atoms with E-state index in [9.17, 15) is 0 Å². The maximum atomic E-state index is 4.59. The lowest BCUT2D eigenvalue weighted by Crippen LogP contribution is -2.23. The van der Waals surface area contributed by atoms with Gasteiger partial charge >= 0.3 is 0 Å². The van der Waals surface area contributed by atoms with Gasteiger partial charge in [0.15, 0.2) is 11.5 Å². The van der Waals surface area contributed by atoms with Gasteiger partial charge in [-0.2, -0.15) is 4.52 Å². The van der Waals surface area contributed by atoms with Gasteiger partial charge in [-0.1, -0.05) is 54.6 Å². The summed E-state index contributed by atoms with van der Waals surface area (Å²) in [5.74, 6) is 0.742. The van der Waals surface area contributed by atoms with Crippen molar-refractivity contribution in [2.75, 3.05) is 5.43 Å². The number of hydrogen-bond acceptors (Lipinski definition) is 5. The molecule has 0 saturated heterocycles. The molecule has 25 heavy (non-hydrogen) atoms. The third-order valence-electron chi connectivity index (χ3n) is 4.55. The number of rotatable bonds is 3. The van der Waals surface area contributed by atoms with Gasteiger partial charge < -0.3 is 0 Å². The Kier molecular flexibility index (Phi) is 3.13. The molecular weight excluding hydrogens is 312 g/mol. The Labute approximate surface area is 144 Å². The van der Waals surface area contributed by atoms with Crippen molar-refractivity contribution < 1.29 is 0 Å². The molecule has 0 spiro atoms. The first kappa shape index (κ1) is 14.0. The predicted molar refractivity (Wildman–Crippen MR) is 97.8 cm³/mol. The average molecular weight is 328 g/mol. The second-order valence-corrected chi connectivity index (χ2v) is 6.06. The number of hydrazine groups is 1.